The number of nitrogens with one attached hydrogen (secondary N) is 1. The van der Waals surface area contributed by atoms with Crippen molar-refractivity contribution in [1.29, 1.82) is 0 Å². The Morgan fingerprint density at radius 3 is 2.75 bits per heavy atom. The Hall–Kier alpha value is -2.37. The van der Waals surface area contributed by atoms with Crippen LogP contribution in [0.25, 0.3) is 5.82 Å². The summed E-state index contributed by atoms with van der Waals surface area (Å²) >= 11 is 0. The lowest BCUT2D eigenvalue weighted by atomic mass is 10.3. The van der Waals surface area contributed by atoms with Crippen molar-refractivity contribution in [2.75, 3.05) is 0 Å². The Balaban J connectivity index is 2.04. The topological polar surface area (TPSA) is 81.1 Å². The fourth-order valence-corrected chi connectivity index (χ4v) is 1.79. The van der Waals surface area contributed by atoms with E-state index in [1.807, 2.05) is 43.7 Å². The molecule has 0 spiro atoms. The number of imidazole rings is 1. The van der Waals surface area contributed by atoms with E-state index in [2.05, 4.69) is 20.3 Å². The third kappa shape index (κ3) is 3.57. The molecule has 0 aliphatic rings. The van der Waals surface area contributed by atoms with E-state index >= 15 is 0 Å². The Morgan fingerprint density at radius 2 is 2.20 bits per heavy atom. The minimum atomic E-state index is 0.281. The van der Waals surface area contributed by atoms with E-state index < -0.39 is 0 Å². The first-order valence-corrected chi connectivity index (χ1v) is 6.58. The van der Waals surface area contributed by atoms with Gasteiger partial charge in [0.05, 0.1) is 6.54 Å². The third-order valence-corrected chi connectivity index (χ3v) is 2.75. The van der Waals surface area contributed by atoms with E-state index in [1.54, 1.807) is 12.4 Å². The van der Waals surface area contributed by atoms with E-state index in [-0.39, 0.29) is 6.04 Å². The Kier molecular flexibility index (Phi) is 4.34. The number of nitrogens with zero attached hydrogens (tertiary/aromatic N) is 4. The lowest BCUT2D eigenvalue weighted by Crippen LogP contribution is -2.36. The summed E-state index contributed by atoms with van der Waals surface area (Å²) in [5.74, 6) is 2.21. The highest BCUT2D eigenvalue weighted by Gasteiger charge is 2.02. The Labute approximate surface area is 118 Å². The van der Waals surface area contributed by atoms with Gasteiger partial charge in [0.15, 0.2) is 5.96 Å². The first-order chi connectivity index (χ1) is 9.56. The molecule has 2 aromatic rings. The molecule has 0 radical (unpaired) electrons. The Morgan fingerprint density at radius 1 is 1.40 bits per heavy atom. The number of aryl methyl sites for hydroxylation is 1. The van der Waals surface area contributed by atoms with E-state index in [0.717, 1.165) is 17.2 Å². The molecule has 20 heavy (non-hydrogen) atoms. The van der Waals surface area contributed by atoms with Crippen LogP contribution in [0.3, 0.4) is 0 Å². The van der Waals surface area contributed by atoms with Crippen LogP contribution in [0.1, 0.15) is 25.2 Å². The molecular formula is C14H20N6. The minimum Gasteiger partial charge on any atom is -0.370 e. The largest absolute Gasteiger partial charge is 0.370 e. The van der Waals surface area contributed by atoms with E-state index in [4.69, 9.17) is 5.73 Å². The fraction of sp³-hybridized carbons (Fsp3) is 0.357. The molecule has 0 bridgehead atoms. The number of hydrogen-bond donors (Lipinski definition) is 2. The predicted octanol–water partition coefficient (Wildman–Crippen LogP) is 1.39. The first kappa shape index (κ1) is 14.0. The molecule has 0 aromatic carbocycles. The van der Waals surface area contributed by atoms with Gasteiger partial charge in [-0.3, -0.25) is 4.57 Å². The van der Waals surface area contributed by atoms with Gasteiger partial charge in [-0.2, -0.15) is 0 Å². The number of rotatable bonds is 4. The highest BCUT2D eigenvalue weighted by Crippen LogP contribution is 2.08. The third-order valence-electron chi connectivity index (χ3n) is 2.75. The number of hydrogen-bond acceptors (Lipinski definition) is 3. The van der Waals surface area contributed by atoms with Crippen molar-refractivity contribution in [1.82, 2.24) is 19.9 Å². The average molecular weight is 272 g/mol. The first-order valence-electron chi connectivity index (χ1n) is 6.58. The van der Waals surface area contributed by atoms with Crippen molar-refractivity contribution in [3.05, 3.63) is 42.1 Å². The van der Waals surface area contributed by atoms with Gasteiger partial charge in [-0.1, -0.05) is 6.07 Å². The lowest BCUT2D eigenvalue weighted by molar-refractivity contribution is 0.723. The fourth-order valence-electron chi connectivity index (χ4n) is 1.79. The molecule has 0 saturated heterocycles. The molecule has 6 heteroatoms. The van der Waals surface area contributed by atoms with Crippen molar-refractivity contribution in [2.24, 2.45) is 10.7 Å². The highest BCUT2D eigenvalue weighted by atomic mass is 15.1. The maximum Gasteiger partial charge on any atom is 0.189 e. The van der Waals surface area contributed by atoms with Crippen LogP contribution in [0.5, 0.6) is 0 Å². The minimum absolute atomic E-state index is 0.281. The molecular weight excluding hydrogens is 252 g/mol. The van der Waals surface area contributed by atoms with Crippen LogP contribution >= 0.6 is 0 Å². The van der Waals surface area contributed by atoms with E-state index in [0.29, 0.717) is 12.5 Å². The lowest BCUT2D eigenvalue weighted by Gasteiger charge is -2.08. The quantitative estimate of drug-likeness (QED) is 0.651. The zero-order valence-corrected chi connectivity index (χ0v) is 12.0. The maximum absolute atomic E-state index is 5.76. The van der Waals surface area contributed by atoms with Gasteiger partial charge in [-0.05, 0) is 32.4 Å². The molecule has 2 aromatic heterocycles. The molecule has 0 unspecified atom stereocenters. The molecule has 2 rings (SSSR count). The second-order valence-corrected chi connectivity index (χ2v) is 4.87. The van der Waals surface area contributed by atoms with Crippen LogP contribution in [0.4, 0.5) is 0 Å². The van der Waals surface area contributed by atoms with Crippen molar-refractivity contribution >= 4 is 5.96 Å². The smallest absolute Gasteiger partial charge is 0.189 e. The van der Waals surface area contributed by atoms with Gasteiger partial charge in [-0.25, -0.2) is 15.0 Å². The molecule has 6 nitrogen and oxygen atoms in total. The molecule has 106 valence electrons. The number of guanidine groups is 1. The zero-order chi connectivity index (χ0) is 14.5. The number of pyridine rings is 1. The summed E-state index contributed by atoms with van der Waals surface area (Å²) < 4.78 is 1.93. The van der Waals surface area contributed by atoms with Crippen LogP contribution in [0.2, 0.25) is 0 Å². The molecule has 0 aliphatic carbocycles. The summed E-state index contributed by atoms with van der Waals surface area (Å²) in [5, 5.41) is 3.05. The zero-order valence-electron chi connectivity index (χ0n) is 12.0. The normalized spacial score (nSPS) is 11.9. The number of aliphatic imine (C=N–C) groups is 1. The molecule has 2 heterocycles. The van der Waals surface area contributed by atoms with Crippen molar-refractivity contribution in [3.8, 4) is 5.82 Å². The summed E-state index contributed by atoms with van der Waals surface area (Å²) in [5.41, 5.74) is 6.77. The molecule has 0 aliphatic heterocycles. The van der Waals surface area contributed by atoms with E-state index in [9.17, 15) is 0 Å². The van der Waals surface area contributed by atoms with Crippen LogP contribution in [-0.4, -0.2) is 26.5 Å². The SMILES string of the molecule is Cc1nccn1-c1ccc(CN=C(N)NC(C)C)cn1. The van der Waals surface area contributed by atoms with Gasteiger partial charge in [0.1, 0.15) is 11.6 Å². The van der Waals surface area contributed by atoms with Gasteiger partial charge in [0.25, 0.3) is 0 Å². The van der Waals surface area contributed by atoms with Crippen molar-refractivity contribution < 1.29 is 0 Å². The molecule has 0 fully saturated rings. The van der Waals surface area contributed by atoms with Gasteiger partial charge >= 0.3 is 0 Å². The van der Waals surface area contributed by atoms with Gasteiger partial charge in [0, 0.05) is 24.6 Å². The standard InChI is InChI=1S/C14H20N6/c1-10(2)19-14(15)18-9-12-4-5-13(17-8-12)20-7-6-16-11(20)3/h4-8,10H,9H2,1-3H3,(H3,15,18,19). The second-order valence-electron chi connectivity index (χ2n) is 4.87. The van der Waals surface area contributed by atoms with Gasteiger partial charge < -0.3 is 11.1 Å². The number of nitrogens with two attached hydrogens (primary N) is 1. The monoisotopic (exact) mass is 272 g/mol. The summed E-state index contributed by atoms with van der Waals surface area (Å²) in [6.45, 7) is 6.50. The van der Waals surface area contributed by atoms with Gasteiger partial charge in [-0.15, -0.1) is 0 Å². The molecule has 0 amide bonds. The number of aromatic nitrogens is 3. The van der Waals surface area contributed by atoms with Crippen LogP contribution in [0, 0.1) is 6.92 Å². The molecule has 3 N–H and O–H groups in total. The maximum atomic E-state index is 5.76. The second kappa shape index (κ2) is 6.18. The predicted molar refractivity (Wildman–Crippen MR) is 79.7 cm³/mol. The summed E-state index contributed by atoms with van der Waals surface area (Å²) in [6, 6.07) is 4.22. The van der Waals surface area contributed by atoms with Crippen LogP contribution in [0.15, 0.2) is 35.7 Å². The molecule has 0 saturated carbocycles. The summed E-state index contributed by atoms with van der Waals surface area (Å²) in [4.78, 5) is 12.9. The molecule has 0 atom stereocenters. The van der Waals surface area contributed by atoms with E-state index in [1.165, 1.54) is 0 Å². The van der Waals surface area contributed by atoms with Crippen LogP contribution in [-0.2, 0) is 6.54 Å². The summed E-state index contributed by atoms with van der Waals surface area (Å²) in [7, 11) is 0. The Bertz CT molecular complexity index is 582. The van der Waals surface area contributed by atoms with Gasteiger partial charge in [0.2, 0.25) is 0 Å². The highest BCUT2D eigenvalue weighted by molar-refractivity contribution is 5.78. The average Bonchev–Trinajstić information content (AvgIpc) is 2.82. The van der Waals surface area contributed by atoms with Crippen molar-refractivity contribution in [3.63, 3.8) is 0 Å². The van der Waals surface area contributed by atoms with Crippen molar-refractivity contribution in [2.45, 2.75) is 33.4 Å². The van der Waals surface area contributed by atoms with Crippen LogP contribution < -0.4 is 11.1 Å². The summed E-state index contributed by atoms with van der Waals surface area (Å²) in [6.07, 6.45) is 5.45.